The van der Waals surface area contributed by atoms with E-state index in [1.165, 1.54) is 0 Å². The molecule has 0 radical (unpaired) electrons. The number of nitrogens with two attached hydrogens (primary N) is 1. The summed E-state index contributed by atoms with van der Waals surface area (Å²) in [7, 11) is -3.24. The minimum absolute atomic E-state index is 0.159. The second-order valence-corrected chi connectivity index (χ2v) is 5.57. The number of rotatable bonds is 7. The van der Waals surface area contributed by atoms with Crippen LogP contribution in [0.15, 0.2) is 6.07 Å². The zero-order chi connectivity index (χ0) is 14.5. The number of pyridine rings is 1. The molecule has 19 heavy (non-hydrogen) atoms. The van der Waals surface area contributed by atoms with Crippen molar-refractivity contribution in [1.29, 1.82) is 0 Å². The van der Waals surface area contributed by atoms with Crippen LogP contribution in [0.2, 0.25) is 0 Å². The third kappa shape index (κ3) is 5.32. The Balaban J connectivity index is 2.49. The summed E-state index contributed by atoms with van der Waals surface area (Å²) in [6.07, 6.45) is 1.46. The number of halogens is 2. The Kier molecular flexibility index (Phi) is 5.39. The Labute approximate surface area is 109 Å². The van der Waals surface area contributed by atoms with Crippen molar-refractivity contribution in [1.82, 2.24) is 9.71 Å². The van der Waals surface area contributed by atoms with E-state index in [0.717, 1.165) is 6.26 Å². The van der Waals surface area contributed by atoms with E-state index in [-0.39, 0.29) is 24.7 Å². The Bertz CT molecular complexity index is 538. The maximum Gasteiger partial charge on any atom is 0.208 e. The van der Waals surface area contributed by atoms with Gasteiger partial charge in [-0.1, -0.05) is 0 Å². The van der Waals surface area contributed by atoms with Crippen LogP contribution in [0.4, 0.5) is 20.4 Å². The number of anilines is 2. The average Bonchev–Trinajstić information content (AvgIpc) is 2.29. The molecule has 0 fully saturated rings. The monoisotopic (exact) mass is 295 g/mol. The lowest BCUT2D eigenvalue weighted by Gasteiger charge is -2.09. The van der Waals surface area contributed by atoms with Crippen LogP contribution in [0.25, 0.3) is 0 Å². The van der Waals surface area contributed by atoms with Gasteiger partial charge in [-0.05, 0) is 6.42 Å². The highest BCUT2D eigenvalue weighted by atomic mass is 32.2. The summed E-state index contributed by atoms with van der Waals surface area (Å²) in [5.74, 6) is 2.82. The number of aromatic nitrogens is 1. The predicted molar refractivity (Wildman–Crippen MR) is 67.9 cm³/mol. The highest BCUT2D eigenvalue weighted by Gasteiger charge is 2.10. The van der Waals surface area contributed by atoms with Crippen molar-refractivity contribution in [3.05, 3.63) is 17.7 Å². The van der Waals surface area contributed by atoms with Crippen molar-refractivity contribution in [2.75, 3.05) is 30.1 Å². The van der Waals surface area contributed by atoms with E-state index in [4.69, 9.17) is 5.84 Å². The Morgan fingerprint density at radius 3 is 2.47 bits per heavy atom. The molecule has 0 aromatic carbocycles. The van der Waals surface area contributed by atoms with Crippen molar-refractivity contribution in [3.8, 4) is 0 Å². The Morgan fingerprint density at radius 2 is 1.89 bits per heavy atom. The van der Waals surface area contributed by atoms with Gasteiger partial charge in [0.15, 0.2) is 23.3 Å². The lowest BCUT2D eigenvalue weighted by atomic mass is 10.3. The fourth-order valence-electron chi connectivity index (χ4n) is 1.24. The van der Waals surface area contributed by atoms with E-state index in [1.54, 1.807) is 0 Å². The number of hydrazine groups is 1. The standard InChI is InChI=1S/C9H15F2N5O2S/c1-19(17,18)14-4-2-3-13-8-6(10)5-7(11)9(15-8)16-12/h5,14H,2-4,12H2,1H3,(H2,13,15,16). The van der Waals surface area contributed by atoms with Crippen LogP contribution in [0.3, 0.4) is 0 Å². The van der Waals surface area contributed by atoms with Gasteiger partial charge in [-0.15, -0.1) is 0 Å². The van der Waals surface area contributed by atoms with Gasteiger partial charge in [0.1, 0.15) is 0 Å². The molecule has 108 valence electrons. The normalized spacial score (nSPS) is 11.4. The molecule has 0 atom stereocenters. The number of sulfonamides is 1. The van der Waals surface area contributed by atoms with Gasteiger partial charge >= 0.3 is 0 Å². The highest BCUT2D eigenvalue weighted by Crippen LogP contribution is 2.17. The van der Waals surface area contributed by atoms with Crippen LogP contribution < -0.4 is 21.3 Å². The predicted octanol–water partition coefficient (Wildman–Crippen LogP) is -0.00340. The SMILES string of the molecule is CS(=O)(=O)NCCCNc1nc(NN)c(F)cc1F. The molecule has 0 unspecified atom stereocenters. The molecule has 0 spiro atoms. The number of nitrogens with zero attached hydrogens (tertiary/aromatic N) is 1. The van der Waals surface area contributed by atoms with Crippen LogP contribution in [0.5, 0.6) is 0 Å². The Hall–Kier alpha value is -1.52. The van der Waals surface area contributed by atoms with Gasteiger partial charge in [0.2, 0.25) is 10.0 Å². The summed E-state index contributed by atoms with van der Waals surface area (Å²) >= 11 is 0. The fraction of sp³-hybridized carbons (Fsp3) is 0.444. The van der Waals surface area contributed by atoms with Crippen LogP contribution in [0.1, 0.15) is 6.42 Å². The van der Waals surface area contributed by atoms with Crippen LogP contribution in [0, 0.1) is 11.6 Å². The zero-order valence-corrected chi connectivity index (χ0v) is 11.0. The van der Waals surface area contributed by atoms with Gasteiger partial charge in [-0.3, -0.25) is 0 Å². The van der Waals surface area contributed by atoms with E-state index in [2.05, 4.69) is 15.0 Å². The molecule has 1 aromatic rings. The van der Waals surface area contributed by atoms with E-state index >= 15 is 0 Å². The third-order valence-electron chi connectivity index (χ3n) is 2.08. The molecule has 1 aromatic heterocycles. The molecule has 7 nitrogen and oxygen atoms in total. The first kappa shape index (κ1) is 15.5. The molecule has 0 bridgehead atoms. The number of nitrogens with one attached hydrogen (secondary N) is 3. The molecule has 0 amide bonds. The number of hydrogen-bond acceptors (Lipinski definition) is 6. The molecule has 0 aliphatic heterocycles. The summed E-state index contributed by atoms with van der Waals surface area (Å²) in [6, 6.07) is 0.652. The van der Waals surface area contributed by atoms with Crippen molar-refractivity contribution < 1.29 is 17.2 Å². The average molecular weight is 295 g/mol. The molecule has 10 heteroatoms. The molecule has 0 aliphatic rings. The van der Waals surface area contributed by atoms with Crippen molar-refractivity contribution in [2.24, 2.45) is 5.84 Å². The van der Waals surface area contributed by atoms with E-state index in [1.807, 2.05) is 5.43 Å². The molecule has 1 heterocycles. The topological polar surface area (TPSA) is 109 Å². The van der Waals surface area contributed by atoms with E-state index in [0.29, 0.717) is 12.5 Å². The largest absolute Gasteiger partial charge is 0.368 e. The van der Waals surface area contributed by atoms with Gasteiger partial charge < -0.3 is 10.7 Å². The summed E-state index contributed by atoms with van der Waals surface area (Å²) in [4.78, 5) is 3.60. The smallest absolute Gasteiger partial charge is 0.208 e. The molecule has 1 rings (SSSR count). The first-order valence-electron chi connectivity index (χ1n) is 5.34. The van der Waals surface area contributed by atoms with Crippen LogP contribution in [-0.2, 0) is 10.0 Å². The second kappa shape index (κ2) is 6.59. The van der Waals surface area contributed by atoms with Crippen LogP contribution in [-0.4, -0.2) is 32.7 Å². The fourth-order valence-corrected chi connectivity index (χ4v) is 1.76. The van der Waals surface area contributed by atoms with Gasteiger partial charge in [0, 0.05) is 19.2 Å². The summed E-state index contributed by atoms with van der Waals surface area (Å²) in [6.45, 7) is 0.471. The van der Waals surface area contributed by atoms with Gasteiger partial charge in [0.25, 0.3) is 0 Å². The first-order valence-corrected chi connectivity index (χ1v) is 7.24. The molecule has 0 aliphatic carbocycles. The molecular weight excluding hydrogens is 280 g/mol. The zero-order valence-electron chi connectivity index (χ0n) is 10.2. The summed E-state index contributed by atoms with van der Waals surface area (Å²) in [5.41, 5.74) is 2.00. The van der Waals surface area contributed by atoms with Crippen molar-refractivity contribution in [2.45, 2.75) is 6.42 Å². The van der Waals surface area contributed by atoms with Gasteiger partial charge in [-0.25, -0.2) is 32.7 Å². The number of hydrogen-bond donors (Lipinski definition) is 4. The third-order valence-corrected chi connectivity index (χ3v) is 2.80. The second-order valence-electron chi connectivity index (χ2n) is 3.74. The first-order chi connectivity index (χ1) is 8.83. The highest BCUT2D eigenvalue weighted by molar-refractivity contribution is 7.88. The summed E-state index contributed by atoms with van der Waals surface area (Å²) in [5, 5.41) is 2.62. The van der Waals surface area contributed by atoms with E-state index in [9.17, 15) is 17.2 Å². The Morgan fingerprint density at radius 1 is 1.26 bits per heavy atom. The van der Waals surface area contributed by atoms with E-state index < -0.39 is 21.7 Å². The van der Waals surface area contributed by atoms with Gasteiger partial charge in [-0.2, -0.15) is 0 Å². The quantitative estimate of drug-likeness (QED) is 0.320. The maximum atomic E-state index is 13.3. The van der Waals surface area contributed by atoms with Gasteiger partial charge in [0.05, 0.1) is 6.26 Å². The molecule has 0 saturated carbocycles. The van der Waals surface area contributed by atoms with Crippen LogP contribution >= 0.6 is 0 Å². The molecule has 0 saturated heterocycles. The molecular formula is C9H15F2N5O2S. The van der Waals surface area contributed by atoms with Crippen molar-refractivity contribution >= 4 is 21.7 Å². The lowest BCUT2D eigenvalue weighted by molar-refractivity contribution is 0.576. The lowest BCUT2D eigenvalue weighted by Crippen LogP contribution is -2.24. The van der Waals surface area contributed by atoms with Crippen molar-refractivity contribution in [3.63, 3.8) is 0 Å². The number of nitrogen functional groups attached to an aromatic ring is 1. The minimum Gasteiger partial charge on any atom is -0.368 e. The maximum absolute atomic E-state index is 13.3. The molecule has 5 N–H and O–H groups in total. The minimum atomic E-state index is -3.24. The summed E-state index contributed by atoms with van der Waals surface area (Å²) < 4.78 is 50.2.